The maximum Gasteiger partial charge on any atom is 0.138 e. The van der Waals surface area contributed by atoms with E-state index in [-0.39, 0.29) is 6.10 Å². The second-order valence-electron chi connectivity index (χ2n) is 8.40. The van der Waals surface area contributed by atoms with Gasteiger partial charge in [0, 0.05) is 47.1 Å². The van der Waals surface area contributed by atoms with Crippen LogP contribution in [0, 0.1) is 5.41 Å². The molecule has 2 aromatic carbocycles. The van der Waals surface area contributed by atoms with Crippen LogP contribution in [-0.2, 0) is 4.74 Å². The topological polar surface area (TPSA) is 86.8 Å². The van der Waals surface area contributed by atoms with Crippen molar-refractivity contribution in [2.24, 2.45) is 0 Å². The molecule has 3 aromatic heterocycles. The quantitative estimate of drug-likeness (QED) is 0.298. The van der Waals surface area contributed by atoms with Crippen LogP contribution >= 0.6 is 0 Å². The Labute approximate surface area is 191 Å². The Kier molecular flexibility index (Phi) is 4.92. The van der Waals surface area contributed by atoms with E-state index in [4.69, 9.17) is 14.9 Å². The number of ether oxygens (including phenoxy) is 2. The van der Waals surface area contributed by atoms with Gasteiger partial charge in [0.2, 0.25) is 0 Å². The number of rotatable bonds is 5. The number of pyridine rings is 1. The fourth-order valence-corrected chi connectivity index (χ4v) is 4.55. The summed E-state index contributed by atoms with van der Waals surface area (Å²) in [6, 6.07) is 20.6. The summed E-state index contributed by atoms with van der Waals surface area (Å²) < 4.78 is 11.6. The monoisotopic (exact) mass is 436 g/mol. The lowest BCUT2D eigenvalue weighted by molar-refractivity contribution is 0.0255. The second-order valence-corrected chi connectivity index (χ2v) is 8.40. The average Bonchev–Trinajstić information content (AvgIpc) is 3.49. The number of hydrogen-bond acceptors (Lipinski definition) is 4. The van der Waals surface area contributed by atoms with E-state index < -0.39 is 0 Å². The van der Waals surface area contributed by atoms with E-state index in [1.807, 2.05) is 36.5 Å². The highest BCUT2D eigenvalue weighted by Gasteiger charge is 2.18. The van der Waals surface area contributed by atoms with Crippen LogP contribution in [0.25, 0.3) is 44.5 Å². The molecule has 33 heavy (non-hydrogen) atoms. The minimum Gasteiger partial charge on any atom is -0.490 e. The molecule has 0 unspecified atom stereocenters. The van der Waals surface area contributed by atoms with Crippen LogP contribution in [0.2, 0.25) is 0 Å². The highest BCUT2D eigenvalue weighted by molar-refractivity contribution is 5.98. The van der Waals surface area contributed by atoms with Gasteiger partial charge in [0.1, 0.15) is 17.5 Å². The Bertz CT molecular complexity index is 1430. The summed E-state index contributed by atoms with van der Waals surface area (Å²) in [5.41, 5.74) is 6.83. The normalized spacial score (nSPS) is 14.7. The number of aromatic nitrogens is 3. The van der Waals surface area contributed by atoms with Crippen molar-refractivity contribution in [3.8, 4) is 28.3 Å². The third kappa shape index (κ3) is 3.68. The lowest BCUT2D eigenvalue weighted by Gasteiger charge is -2.24. The first-order valence-electron chi connectivity index (χ1n) is 11.2. The van der Waals surface area contributed by atoms with Gasteiger partial charge in [-0.2, -0.15) is 0 Å². The predicted molar refractivity (Wildman–Crippen MR) is 131 cm³/mol. The number of para-hydroxylation sites is 1. The van der Waals surface area contributed by atoms with Gasteiger partial charge in [-0.25, -0.2) is 4.98 Å². The van der Waals surface area contributed by atoms with Crippen LogP contribution in [0.4, 0.5) is 0 Å². The molecule has 0 radical (unpaired) electrons. The molecule has 164 valence electrons. The van der Waals surface area contributed by atoms with Crippen molar-refractivity contribution in [2.75, 3.05) is 13.2 Å². The van der Waals surface area contributed by atoms with E-state index >= 15 is 0 Å². The molecule has 1 saturated heterocycles. The fraction of sp³-hybridized carbons (Fsp3) is 0.185. The van der Waals surface area contributed by atoms with E-state index in [0.29, 0.717) is 0 Å². The molecule has 4 heterocycles. The molecule has 6 heteroatoms. The number of benzene rings is 2. The zero-order valence-corrected chi connectivity index (χ0v) is 18.1. The number of H-pyrrole nitrogens is 2. The van der Waals surface area contributed by atoms with Gasteiger partial charge in [-0.1, -0.05) is 24.3 Å². The van der Waals surface area contributed by atoms with Crippen LogP contribution in [0.1, 0.15) is 18.4 Å². The summed E-state index contributed by atoms with van der Waals surface area (Å²) in [5.74, 6) is 0.749. The first-order valence-corrected chi connectivity index (χ1v) is 11.2. The SMILES string of the molecule is N=Cc1cc(-c2ccnc3[nH]c(-c4cc5ccccc5[nH]4)cc23)ccc1OC1CCOCC1. The third-order valence-corrected chi connectivity index (χ3v) is 6.29. The standard InChI is InChI=1S/C27H24N4O2/c28-16-19-13-17(5-6-26(19)33-20-8-11-32-12-9-20)21-7-10-29-27-22(21)15-25(31-27)24-14-18-3-1-2-4-23(18)30-24/h1-7,10,13-16,20,28,30H,8-9,11-12H2,(H,29,31). The Morgan fingerprint density at radius 2 is 1.82 bits per heavy atom. The average molecular weight is 437 g/mol. The summed E-state index contributed by atoms with van der Waals surface area (Å²) >= 11 is 0. The van der Waals surface area contributed by atoms with Gasteiger partial charge in [0.05, 0.1) is 24.6 Å². The van der Waals surface area contributed by atoms with Crippen molar-refractivity contribution >= 4 is 28.2 Å². The number of hydrogen-bond donors (Lipinski definition) is 3. The van der Waals surface area contributed by atoms with Gasteiger partial charge in [-0.15, -0.1) is 0 Å². The van der Waals surface area contributed by atoms with Gasteiger partial charge in [-0.05, 0) is 47.5 Å². The van der Waals surface area contributed by atoms with Crippen LogP contribution in [0.3, 0.4) is 0 Å². The van der Waals surface area contributed by atoms with Gasteiger partial charge >= 0.3 is 0 Å². The minimum absolute atomic E-state index is 0.138. The van der Waals surface area contributed by atoms with Crippen LogP contribution in [-0.4, -0.2) is 40.5 Å². The molecule has 1 aliphatic heterocycles. The molecular weight excluding hydrogens is 412 g/mol. The summed E-state index contributed by atoms with van der Waals surface area (Å²) in [6.07, 6.45) is 5.08. The van der Waals surface area contributed by atoms with Crippen molar-refractivity contribution < 1.29 is 9.47 Å². The van der Waals surface area contributed by atoms with Crippen molar-refractivity contribution in [1.82, 2.24) is 15.0 Å². The van der Waals surface area contributed by atoms with E-state index in [0.717, 1.165) is 76.4 Å². The zero-order valence-electron chi connectivity index (χ0n) is 18.1. The number of aromatic amines is 2. The number of fused-ring (bicyclic) bond motifs is 2. The van der Waals surface area contributed by atoms with Crippen molar-refractivity contribution in [3.05, 3.63) is 72.4 Å². The highest BCUT2D eigenvalue weighted by Crippen LogP contribution is 2.34. The Hall–Kier alpha value is -3.90. The molecule has 0 saturated carbocycles. The Morgan fingerprint density at radius 3 is 2.67 bits per heavy atom. The zero-order chi connectivity index (χ0) is 22.2. The van der Waals surface area contributed by atoms with Crippen molar-refractivity contribution in [2.45, 2.75) is 18.9 Å². The molecule has 1 aliphatic rings. The lowest BCUT2D eigenvalue weighted by Crippen LogP contribution is -2.26. The molecule has 0 spiro atoms. The second kappa shape index (κ2) is 8.22. The van der Waals surface area contributed by atoms with E-state index in [1.54, 1.807) is 0 Å². The maximum absolute atomic E-state index is 7.94. The molecule has 0 bridgehead atoms. The largest absolute Gasteiger partial charge is 0.490 e. The van der Waals surface area contributed by atoms with Crippen molar-refractivity contribution in [3.63, 3.8) is 0 Å². The Balaban J connectivity index is 1.37. The van der Waals surface area contributed by atoms with Crippen LogP contribution in [0.15, 0.2) is 66.9 Å². The molecule has 1 fully saturated rings. The van der Waals surface area contributed by atoms with E-state index in [2.05, 4.69) is 45.3 Å². The molecule has 5 aromatic rings. The smallest absolute Gasteiger partial charge is 0.138 e. The molecule has 0 atom stereocenters. The summed E-state index contributed by atoms with van der Waals surface area (Å²) in [7, 11) is 0. The molecular formula is C27H24N4O2. The molecule has 3 N–H and O–H groups in total. The summed E-state index contributed by atoms with van der Waals surface area (Å²) in [4.78, 5) is 11.5. The minimum atomic E-state index is 0.138. The van der Waals surface area contributed by atoms with Gasteiger partial charge in [0.15, 0.2) is 0 Å². The molecule has 6 nitrogen and oxygen atoms in total. The highest BCUT2D eigenvalue weighted by atomic mass is 16.5. The van der Waals surface area contributed by atoms with E-state index in [1.165, 1.54) is 11.6 Å². The third-order valence-electron chi connectivity index (χ3n) is 6.29. The summed E-state index contributed by atoms with van der Waals surface area (Å²) in [5, 5.41) is 10.2. The molecule has 6 rings (SSSR count). The molecule has 0 amide bonds. The number of nitrogens with zero attached hydrogens (tertiary/aromatic N) is 1. The van der Waals surface area contributed by atoms with Crippen LogP contribution < -0.4 is 4.74 Å². The summed E-state index contributed by atoms with van der Waals surface area (Å²) in [6.45, 7) is 1.45. The maximum atomic E-state index is 7.94. The van der Waals surface area contributed by atoms with Crippen LogP contribution in [0.5, 0.6) is 5.75 Å². The lowest BCUT2D eigenvalue weighted by atomic mass is 10.0. The molecule has 0 aliphatic carbocycles. The number of nitrogens with one attached hydrogen (secondary N) is 3. The van der Waals surface area contributed by atoms with Gasteiger partial charge < -0.3 is 24.9 Å². The first-order chi connectivity index (χ1) is 16.3. The first kappa shape index (κ1) is 19.8. The predicted octanol–water partition coefficient (Wildman–Crippen LogP) is 5.93. The fourth-order valence-electron chi connectivity index (χ4n) is 4.55. The van der Waals surface area contributed by atoms with E-state index in [9.17, 15) is 0 Å². The van der Waals surface area contributed by atoms with Gasteiger partial charge in [-0.3, -0.25) is 0 Å². The Morgan fingerprint density at radius 1 is 0.970 bits per heavy atom. The van der Waals surface area contributed by atoms with Crippen molar-refractivity contribution in [1.29, 1.82) is 5.41 Å². The van der Waals surface area contributed by atoms with Gasteiger partial charge in [0.25, 0.3) is 0 Å².